The fourth-order valence-corrected chi connectivity index (χ4v) is 3.07. The van der Waals surface area contributed by atoms with E-state index in [0.29, 0.717) is 12.7 Å². The molecule has 0 spiro atoms. The van der Waals surface area contributed by atoms with Crippen LogP contribution in [0.4, 0.5) is 0 Å². The lowest BCUT2D eigenvalue weighted by molar-refractivity contribution is -0.0156. The van der Waals surface area contributed by atoms with Gasteiger partial charge < -0.3 is 14.5 Å². The van der Waals surface area contributed by atoms with E-state index < -0.39 is 0 Å². The number of hydrogen-bond donors (Lipinski definition) is 1. The minimum Gasteiger partial charge on any atom is -0.467 e. The first-order valence-corrected chi connectivity index (χ1v) is 7.56. The summed E-state index contributed by atoms with van der Waals surface area (Å²) < 4.78 is 11.6. The zero-order valence-electron chi connectivity index (χ0n) is 12.4. The van der Waals surface area contributed by atoms with Crippen molar-refractivity contribution in [2.75, 3.05) is 6.54 Å². The predicted octanol–water partition coefficient (Wildman–Crippen LogP) is 3.73. The third kappa shape index (κ3) is 4.66. The van der Waals surface area contributed by atoms with Crippen LogP contribution < -0.4 is 5.32 Å². The van der Waals surface area contributed by atoms with Crippen molar-refractivity contribution >= 4 is 0 Å². The van der Waals surface area contributed by atoms with Gasteiger partial charge in [0.25, 0.3) is 0 Å². The average Bonchev–Trinajstić information content (AvgIpc) is 2.81. The van der Waals surface area contributed by atoms with Crippen LogP contribution in [-0.4, -0.2) is 12.6 Å². The van der Waals surface area contributed by atoms with Crippen LogP contribution in [0.25, 0.3) is 0 Å². The maximum Gasteiger partial charge on any atom is 0.129 e. The van der Waals surface area contributed by atoms with E-state index in [4.69, 9.17) is 9.15 Å². The molecule has 1 aliphatic carbocycles. The summed E-state index contributed by atoms with van der Waals surface area (Å²) in [7, 11) is 0. The van der Waals surface area contributed by atoms with Gasteiger partial charge in [0, 0.05) is 12.1 Å². The quantitative estimate of drug-likeness (QED) is 0.851. The van der Waals surface area contributed by atoms with Crippen molar-refractivity contribution in [2.24, 2.45) is 11.8 Å². The monoisotopic (exact) mass is 265 g/mol. The topological polar surface area (TPSA) is 34.4 Å². The molecule has 0 radical (unpaired) electrons. The molecule has 3 heteroatoms. The minimum absolute atomic E-state index is 0.404. The lowest BCUT2D eigenvalue weighted by Crippen LogP contribution is -2.26. The third-order valence-electron chi connectivity index (χ3n) is 3.88. The molecule has 2 unspecified atom stereocenters. The van der Waals surface area contributed by atoms with Crippen LogP contribution in [0, 0.1) is 11.8 Å². The van der Waals surface area contributed by atoms with Crippen molar-refractivity contribution in [2.45, 2.75) is 59.3 Å². The van der Waals surface area contributed by atoms with Crippen molar-refractivity contribution in [1.29, 1.82) is 0 Å². The summed E-state index contributed by atoms with van der Waals surface area (Å²) >= 11 is 0. The SMILES string of the molecule is CCNCc1coc(COC2CC(C)CC(C)C2)c1. The summed E-state index contributed by atoms with van der Waals surface area (Å²) in [6, 6.07) is 2.10. The summed E-state index contributed by atoms with van der Waals surface area (Å²) in [6.07, 6.45) is 5.95. The van der Waals surface area contributed by atoms with E-state index in [-0.39, 0.29) is 0 Å². The van der Waals surface area contributed by atoms with E-state index in [1.165, 1.54) is 24.8 Å². The van der Waals surface area contributed by atoms with Gasteiger partial charge in [0.15, 0.2) is 0 Å². The first-order chi connectivity index (χ1) is 9.17. The number of nitrogens with one attached hydrogen (secondary N) is 1. The second-order valence-corrected chi connectivity index (χ2v) is 6.05. The Hall–Kier alpha value is -0.800. The summed E-state index contributed by atoms with van der Waals surface area (Å²) in [5, 5.41) is 3.29. The highest BCUT2D eigenvalue weighted by atomic mass is 16.5. The normalized spacial score (nSPS) is 27.6. The van der Waals surface area contributed by atoms with Gasteiger partial charge in [-0.15, -0.1) is 0 Å². The van der Waals surface area contributed by atoms with Crippen molar-refractivity contribution in [3.63, 3.8) is 0 Å². The molecular formula is C16H27NO2. The predicted molar refractivity (Wildman–Crippen MR) is 76.8 cm³/mol. The summed E-state index contributed by atoms with van der Waals surface area (Å²) in [5.74, 6) is 2.52. The molecule has 19 heavy (non-hydrogen) atoms. The van der Waals surface area contributed by atoms with Crippen LogP contribution in [0.2, 0.25) is 0 Å². The molecule has 0 amide bonds. The lowest BCUT2D eigenvalue weighted by Gasteiger charge is -2.31. The van der Waals surface area contributed by atoms with Crippen molar-refractivity contribution in [1.82, 2.24) is 5.32 Å². The van der Waals surface area contributed by atoms with Crippen molar-refractivity contribution < 1.29 is 9.15 Å². The zero-order chi connectivity index (χ0) is 13.7. The van der Waals surface area contributed by atoms with Crippen molar-refractivity contribution in [3.05, 3.63) is 23.7 Å². The first kappa shape index (κ1) is 14.6. The summed E-state index contributed by atoms with van der Waals surface area (Å²) in [4.78, 5) is 0. The van der Waals surface area contributed by atoms with Gasteiger partial charge >= 0.3 is 0 Å². The van der Waals surface area contributed by atoms with Gasteiger partial charge in [0.2, 0.25) is 0 Å². The molecule has 1 fully saturated rings. The Bertz CT molecular complexity index is 365. The van der Waals surface area contributed by atoms with E-state index in [2.05, 4.69) is 32.2 Å². The second kappa shape index (κ2) is 7.11. The van der Waals surface area contributed by atoms with Crippen LogP contribution in [-0.2, 0) is 17.9 Å². The van der Waals surface area contributed by atoms with Crippen molar-refractivity contribution in [3.8, 4) is 0 Å². The number of furan rings is 1. The van der Waals surface area contributed by atoms with E-state index >= 15 is 0 Å². The molecular weight excluding hydrogens is 238 g/mol. The molecule has 0 saturated heterocycles. The molecule has 3 nitrogen and oxygen atoms in total. The Morgan fingerprint density at radius 3 is 2.68 bits per heavy atom. The first-order valence-electron chi connectivity index (χ1n) is 7.56. The molecule has 0 aromatic carbocycles. The molecule has 2 rings (SSSR count). The number of hydrogen-bond acceptors (Lipinski definition) is 3. The Morgan fingerprint density at radius 2 is 2.00 bits per heavy atom. The van der Waals surface area contributed by atoms with Crippen LogP contribution in [0.3, 0.4) is 0 Å². The van der Waals surface area contributed by atoms with Gasteiger partial charge in [-0.1, -0.05) is 20.8 Å². The standard InChI is InChI=1S/C16H27NO2/c1-4-17-9-14-8-16(18-10-14)11-19-15-6-12(2)5-13(3)7-15/h8,10,12-13,15,17H,4-7,9,11H2,1-3H3. The zero-order valence-corrected chi connectivity index (χ0v) is 12.4. The Labute approximate surface area is 116 Å². The van der Waals surface area contributed by atoms with Gasteiger partial charge in [0.1, 0.15) is 12.4 Å². The molecule has 1 heterocycles. The van der Waals surface area contributed by atoms with Gasteiger partial charge in [-0.3, -0.25) is 0 Å². The maximum atomic E-state index is 6.01. The minimum atomic E-state index is 0.404. The summed E-state index contributed by atoms with van der Waals surface area (Å²) in [5.41, 5.74) is 1.20. The molecule has 1 aromatic rings. The lowest BCUT2D eigenvalue weighted by atomic mass is 9.82. The largest absolute Gasteiger partial charge is 0.467 e. The Morgan fingerprint density at radius 1 is 1.26 bits per heavy atom. The molecule has 1 saturated carbocycles. The Kier molecular flexibility index (Phi) is 5.46. The fourth-order valence-electron chi connectivity index (χ4n) is 3.07. The number of rotatable bonds is 6. The molecule has 1 aliphatic rings. The molecule has 2 atom stereocenters. The molecule has 108 valence electrons. The van der Waals surface area contributed by atoms with E-state index in [1.54, 1.807) is 0 Å². The van der Waals surface area contributed by atoms with Gasteiger partial charge in [0.05, 0.1) is 12.4 Å². The highest BCUT2D eigenvalue weighted by molar-refractivity contribution is 5.12. The third-order valence-corrected chi connectivity index (χ3v) is 3.88. The molecule has 0 aliphatic heterocycles. The van der Waals surface area contributed by atoms with Crippen LogP contribution in [0.1, 0.15) is 51.4 Å². The van der Waals surface area contributed by atoms with E-state index in [0.717, 1.165) is 30.7 Å². The number of ether oxygens (including phenoxy) is 1. The van der Waals surface area contributed by atoms with E-state index in [1.807, 2.05) is 6.26 Å². The Balaban J connectivity index is 1.76. The molecule has 0 bridgehead atoms. The average molecular weight is 265 g/mol. The van der Waals surface area contributed by atoms with Gasteiger partial charge in [-0.05, 0) is 43.7 Å². The van der Waals surface area contributed by atoms with E-state index in [9.17, 15) is 0 Å². The smallest absolute Gasteiger partial charge is 0.129 e. The molecule has 1 aromatic heterocycles. The van der Waals surface area contributed by atoms with Gasteiger partial charge in [-0.2, -0.15) is 0 Å². The maximum absolute atomic E-state index is 6.01. The fraction of sp³-hybridized carbons (Fsp3) is 0.750. The van der Waals surface area contributed by atoms with Crippen LogP contribution >= 0.6 is 0 Å². The second-order valence-electron chi connectivity index (χ2n) is 6.05. The van der Waals surface area contributed by atoms with Crippen LogP contribution in [0.15, 0.2) is 16.7 Å². The van der Waals surface area contributed by atoms with Gasteiger partial charge in [-0.25, -0.2) is 0 Å². The highest BCUT2D eigenvalue weighted by Crippen LogP contribution is 2.30. The summed E-state index contributed by atoms with van der Waals surface area (Å²) in [6.45, 7) is 9.22. The van der Waals surface area contributed by atoms with Crippen LogP contribution in [0.5, 0.6) is 0 Å². The highest BCUT2D eigenvalue weighted by Gasteiger charge is 2.24. The molecule has 1 N–H and O–H groups in total.